The zero-order valence-corrected chi connectivity index (χ0v) is 15.2. The van der Waals surface area contributed by atoms with Gasteiger partial charge in [0.2, 0.25) is 11.8 Å². The first-order valence-corrected chi connectivity index (χ1v) is 9.60. The minimum atomic E-state index is -0.927. The van der Waals surface area contributed by atoms with Gasteiger partial charge in [-0.25, -0.2) is 0 Å². The van der Waals surface area contributed by atoms with Gasteiger partial charge in [0.1, 0.15) is 6.04 Å². The number of fused-ring (bicyclic) bond motifs is 3. The first kappa shape index (κ1) is 17.8. The number of rotatable bonds is 6. The fourth-order valence-electron chi connectivity index (χ4n) is 4.52. The van der Waals surface area contributed by atoms with Crippen molar-refractivity contribution < 1.29 is 14.7 Å². The predicted octanol–water partition coefficient (Wildman–Crippen LogP) is 1.96. The maximum atomic E-state index is 12.4. The zero-order valence-electron chi connectivity index (χ0n) is 15.2. The van der Waals surface area contributed by atoms with Crippen LogP contribution in [0.15, 0.2) is 36.5 Å². The first-order chi connectivity index (χ1) is 13.1. The van der Waals surface area contributed by atoms with Crippen molar-refractivity contribution in [1.29, 1.82) is 0 Å². The number of aliphatic hydroxyl groups is 1. The van der Waals surface area contributed by atoms with Gasteiger partial charge in [0, 0.05) is 29.2 Å². The number of aromatic nitrogens is 1. The van der Waals surface area contributed by atoms with E-state index >= 15 is 0 Å². The van der Waals surface area contributed by atoms with Crippen molar-refractivity contribution >= 4 is 28.8 Å². The van der Waals surface area contributed by atoms with Gasteiger partial charge in [-0.1, -0.05) is 24.6 Å². The predicted molar refractivity (Wildman–Crippen MR) is 104 cm³/mol. The fourth-order valence-corrected chi connectivity index (χ4v) is 4.52. The van der Waals surface area contributed by atoms with Gasteiger partial charge < -0.3 is 20.7 Å². The summed E-state index contributed by atoms with van der Waals surface area (Å²) in [5.41, 5.74) is 1.89. The minimum absolute atomic E-state index is 0.184. The SMILES string of the molecule is O=C(C=Cc1c[nH]c2ccccc12)N[C@@H](CO)C(=O)NC1CC2CCC1C2. The Morgan fingerprint density at radius 1 is 1.26 bits per heavy atom. The van der Waals surface area contributed by atoms with Crippen molar-refractivity contribution in [3.05, 3.63) is 42.1 Å². The standard InChI is InChI=1S/C21H25N3O3/c25-12-19(21(27)24-18-10-13-5-6-14(18)9-13)23-20(26)8-7-15-11-22-17-4-2-1-3-16(15)17/h1-4,7-8,11,13-14,18-19,22,25H,5-6,9-10,12H2,(H,23,26)(H,24,27)/t13?,14?,18?,19-/m0/s1. The van der Waals surface area contributed by atoms with Gasteiger partial charge in [-0.05, 0) is 48.8 Å². The number of aliphatic hydroxyl groups excluding tert-OH is 1. The molecule has 2 saturated carbocycles. The number of hydrogen-bond donors (Lipinski definition) is 4. The Balaban J connectivity index is 1.35. The van der Waals surface area contributed by atoms with E-state index in [9.17, 15) is 14.7 Å². The molecule has 2 bridgehead atoms. The molecule has 6 heteroatoms. The molecule has 4 N–H and O–H groups in total. The van der Waals surface area contributed by atoms with Crippen LogP contribution in [0.5, 0.6) is 0 Å². The van der Waals surface area contributed by atoms with Crippen LogP contribution in [0.2, 0.25) is 0 Å². The number of H-pyrrole nitrogens is 1. The lowest BCUT2D eigenvalue weighted by molar-refractivity contribution is -0.128. The number of carbonyl (C=O) groups is 2. The molecular weight excluding hydrogens is 342 g/mol. The molecule has 0 aliphatic heterocycles. The summed E-state index contributed by atoms with van der Waals surface area (Å²) in [5.74, 6) is 0.573. The van der Waals surface area contributed by atoms with E-state index in [-0.39, 0.29) is 11.9 Å². The molecule has 0 radical (unpaired) electrons. The van der Waals surface area contributed by atoms with Gasteiger partial charge >= 0.3 is 0 Å². The van der Waals surface area contributed by atoms with Crippen molar-refractivity contribution in [3.8, 4) is 0 Å². The van der Waals surface area contributed by atoms with Gasteiger partial charge in [0.15, 0.2) is 0 Å². The van der Waals surface area contributed by atoms with Crippen LogP contribution >= 0.6 is 0 Å². The summed E-state index contributed by atoms with van der Waals surface area (Å²) in [7, 11) is 0. The number of hydrogen-bond acceptors (Lipinski definition) is 3. The molecule has 1 aromatic carbocycles. The first-order valence-electron chi connectivity index (χ1n) is 9.60. The second kappa shape index (κ2) is 7.56. The smallest absolute Gasteiger partial charge is 0.245 e. The van der Waals surface area contributed by atoms with Crippen molar-refractivity contribution in [2.24, 2.45) is 11.8 Å². The largest absolute Gasteiger partial charge is 0.394 e. The van der Waals surface area contributed by atoms with Crippen molar-refractivity contribution in [3.63, 3.8) is 0 Å². The molecule has 0 saturated heterocycles. The molecule has 4 rings (SSSR count). The number of nitrogens with one attached hydrogen (secondary N) is 3. The second-order valence-electron chi connectivity index (χ2n) is 7.66. The molecule has 1 aromatic heterocycles. The lowest BCUT2D eigenvalue weighted by Crippen LogP contribution is -2.52. The number of benzene rings is 1. The van der Waals surface area contributed by atoms with Gasteiger partial charge in [-0.3, -0.25) is 9.59 Å². The summed E-state index contributed by atoms with van der Waals surface area (Å²) >= 11 is 0. The maximum absolute atomic E-state index is 12.4. The third kappa shape index (κ3) is 3.76. The summed E-state index contributed by atoms with van der Waals surface area (Å²) in [6.45, 7) is -0.417. The van der Waals surface area contributed by atoms with Crippen LogP contribution < -0.4 is 10.6 Å². The molecule has 0 spiro atoms. The highest BCUT2D eigenvalue weighted by atomic mass is 16.3. The van der Waals surface area contributed by atoms with Crippen LogP contribution in [0.4, 0.5) is 0 Å². The van der Waals surface area contributed by atoms with E-state index in [1.54, 1.807) is 6.08 Å². The summed E-state index contributed by atoms with van der Waals surface area (Å²) in [5, 5.41) is 16.2. The zero-order chi connectivity index (χ0) is 18.8. The third-order valence-electron chi connectivity index (χ3n) is 5.92. The molecule has 6 nitrogen and oxygen atoms in total. The molecule has 2 amide bonds. The summed E-state index contributed by atoms with van der Waals surface area (Å²) < 4.78 is 0. The van der Waals surface area contributed by atoms with Gasteiger partial charge in [-0.2, -0.15) is 0 Å². The number of aromatic amines is 1. The van der Waals surface area contributed by atoms with Crippen LogP contribution in [0, 0.1) is 11.8 Å². The molecule has 4 atom stereocenters. The van der Waals surface area contributed by atoms with Crippen molar-refractivity contribution in [2.45, 2.75) is 37.8 Å². The highest BCUT2D eigenvalue weighted by Gasteiger charge is 2.40. The number of amides is 2. The highest BCUT2D eigenvalue weighted by molar-refractivity contribution is 5.98. The Labute approximate surface area is 158 Å². The third-order valence-corrected chi connectivity index (χ3v) is 5.92. The summed E-state index contributed by atoms with van der Waals surface area (Å²) in [6, 6.07) is 7.08. The van der Waals surface area contributed by atoms with Crippen molar-refractivity contribution in [1.82, 2.24) is 15.6 Å². The molecule has 142 valence electrons. The number of para-hydroxylation sites is 1. The lowest BCUT2D eigenvalue weighted by Gasteiger charge is -2.25. The van der Waals surface area contributed by atoms with Crippen LogP contribution in [0.25, 0.3) is 17.0 Å². The Kier molecular flexibility index (Phi) is 4.99. The average Bonchev–Trinajstić information content (AvgIpc) is 3.39. The molecule has 1 heterocycles. The maximum Gasteiger partial charge on any atom is 0.245 e. The second-order valence-corrected chi connectivity index (χ2v) is 7.66. The van der Waals surface area contributed by atoms with Gasteiger partial charge in [0.25, 0.3) is 0 Å². The topological polar surface area (TPSA) is 94.2 Å². The van der Waals surface area contributed by atoms with E-state index < -0.39 is 18.6 Å². The molecule has 2 aliphatic carbocycles. The van der Waals surface area contributed by atoms with Crippen LogP contribution in [0.3, 0.4) is 0 Å². The summed E-state index contributed by atoms with van der Waals surface area (Å²) in [6.07, 6.45) is 9.56. The average molecular weight is 367 g/mol. The molecule has 3 unspecified atom stereocenters. The van der Waals surface area contributed by atoms with E-state index in [2.05, 4.69) is 15.6 Å². The lowest BCUT2D eigenvalue weighted by atomic mass is 9.95. The fraction of sp³-hybridized carbons (Fsp3) is 0.429. The van der Waals surface area contributed by atoms with E-state index in [4.69, 9.17) is 0 Å². The van der Waals surface area contributed by atoms with E-state index in [0.717, 1.165) is 28.8 Å². The Morgan fingerprint density at radius 3 is 2.85 bits per heavy atom. The van der Waals surface area contributed by atoms with Gasteiger partial charge in [0.05, 0.1) is 6.61 Å². The molecule has 2 aromatic rings. The Hall–Kier alpha value is -2.60. The monoisotopic (exact) mass is 367 g/mol. The molecular formula is C21H25N3O3. The molecule has 2 aliphatic rings. The van der Waals surface area contributed by atoms with E-state index in [1.165, 1.54) is 25.3 Å². The van der Waals surface area contributed by atoms with E-state index in [1.807, 2.05) is 30.5 Å². The number of carbonyl (C=O) groups excluding carboxylic acids is 2. The Morgan fingerprint density at radius 2 is 2.11 bits per heavy atom. The van der Waals surface area contributed by atoms with Crippen LogP contribution in [0.1, 0.15) is 31.2 Å². The van der Waals surface area contributed by atoms with Crippen molar-refractivity contribution in [2.75, 3.05) is 6.61 Å². The van der Waals surface area contributed by atoms with Crippen LogP contribution in [-0.2, 0) is 9.59 Å². The van der Waals surface area contributed by atoms with E-state index in [0.29, 0.717) is 5.92 Å². The van der Waals surface area contributed by atoms with Gasteiger partial charge in [-0.15, -0.1) is 0 Å². The molecule has 2 fully saturated rings. The Bertz CT molecular complexity index is 872. The normalized spacial score (nSPS) is 25.1. The summed E-state index contributed by atoms with van der Waals surface area (Å²) in [4.78, 5) is 27.8. The highest BCUT2D eigenvalue weighted by Crippen LogP contribution is 2.44. The molecule has 27 heavy (non-hydrogen) atoms. The quantitative estimate of drug-likeness (QED) is 0.588. The van der Waals surface area contributed by atoms with Crippen LogP contribution in [-0.4, -0.2) is 40.6 Å². The minimum Gasteiger partial charge on any atom is -0.394 e.